The molecule has 0 amide bonds. The molecule has 1 aliphatic rings. The summed E-state index contributed by atoms with van der Waals surface area (Å²) in [6.45, 7) is 2.13. The summed E-state index contributed by atoms with van der Waals surface area (Å²) >= 11 is 7.05. The zero-order valence-corrected chi connectivity index (χ0v) is 18.6. The Bertz CT molecular complexity index is 922. The molecule has 3 N–H and O–H groups in total. The molecule has 0 atom stereocenters. The minimum absolute atomic E-state index is 0.0212. The number of thiocarbonyl (C=S) groups is 1. The Morgan fingerprint density at radius 3 is 2.47 bits per heavy atom. The normalized spacial score (nSPS) is 13.5. The van der Waals surface area contributed by atoms with Gasteiger partial charge in [0.05, 0.1) is 18.6 Å². The minimum Gasteiger partial charge on any atom is -0.481 e. The number of aliphatic carboxylic acids is 1. The Morgan fingerprint density at radius 1 is 1.10 bits per heavy atom. The number of carbonyl (C=O) groups is 2. The van der Waals surface area contributed by atoms with Gasteiger partial charge in [-0.3, -0.25) is 4.79 Å². The van der Waals surface area contributed by atoms with Crippen LogP contribution in [0.25, 0.3) is 0 Å². The highest BCUT2D eigenvalue weighted by Crippen LogP contribution is 2.37. The van der Waals surface area contributed by atoms with Gasteiger partial charge >= 0.3 is 11.9 Å². The third kappa shape index (κ3) is 5.79. The van der Waals surface area contributed by atoms with Crippen molar-refractivity contribution in [1.29, 1.82) is 0 Å². The molecule has 0 radical (unpaired) electrons. The highest BCUT2D eigenvalue weighted by atomic mass is 32.1. The van der Waals surface area contributed by atoms with Gasteiger partial charge in [0, 0.05) is 10.6 Å². The molecule has 0 unspecified atom stereocenters. The molecule has 160 valence electrons. The monoisotopic (exact) mass is 446 g/mol. The fraction of sp³-hybridized carbons (Fsp3) is 0.409. The lowest BCUT2D eigenvalue weighted by Crippen LogP contribution is -2.20. The summed E-state index contributed by atoms with van der Waals surface area (Å²) in [6, 6.07) is 7.07. The number of rotatable bonds is 6. The van der Waals surface area contributed by atoms with Gasteiger partial charge in [-0.15, -0.1) is 11.3 Å². The standard InChI is InChI=1S/C22H26N2O4S2/c1-2-28-21(27)19-16-7-5-3-4-6-8-17(16)30-20(19)24-22(29)23-15-11-9-14(10-12-15)13-18(25)26/h9-12H,2-8,13H2,1H3,(H,25,26)(H2,23,24,29). The van der Waals surface area contributed by atoms with Crippen LogP contribution in [0.2, 0.25) is 0 Å². The van der Waals surface area contributed by atoms with E-state index in [0.29, 0.717) is 17.3 Å². The molecular formula is C22H26N2O4S2. The number of anilines is 2. The molecule has 0 fully saturated rings. The summed E-state index contributed by atoms with van der Waals surface area (Å²) in [5.74, 6) is -1.17. The number of ether oxygens (including phenoxy) is 1. The molecule has 1 aliphatic carbocycles. The average molecular weight is 447 g/mol. The molecule has 0 saturated heterocycles. The van der Waals surface area contributed by atoms with Crippen LogP contribution in [-0.2, 0) is 28.8 Å². The largest absolute Gasteiger partial charge is 0.481 e. The molecule has 0 saturated carbocycles. The van der Waals surface area contributed by atoms with E-state index in [9.17, 15) is 9.59 Å². The van der Waals surface area contributed by atoms with Crippen LogP contribution in [-0.4, -0.2) is 28.8 Å². The predicted molar refractivity (Wildman–Crippen MR) is 124 cm³/mol. The fourth-order valence-electron chi connectivity index (χ4n) is 3.57. The van der Waals surface area contributed by atoms with Gasteiger partial charge in [0.25, 0.3) is 0 Å². The van der Waals surface area contributed by atoms with Gasteiger partial charge in [0.15, 0.2) is 5.11 Å². The number of esters is 1. The lowest BCUT2D eigenvalue weighted by molar-refractivity contribution is -0.136. The third-order valence-corrected chi connectivity index (χ3v) is 6.36. The first kappa shape index (κ1) is 22.2. The second kappa shape index (κ2) is 10.5. The average Bonchev–Trinajstić information content (AvgIpc) is 2.99. The van der Waals surface area contributed by atoms with Crippen molar-refractivity contribution in [2.24, 2.45) is 0 Å². The summed E-state index contributed by atoms with van der Waals surface area (Å²) in [5.41, 5.74) is 3.17. The van der Waals surface area contributed by atoms with Crippen molar-refractivity contribution < 1.29 is 19.4 Å². The third-order valence-electron chi connectivity index (χ3n) is 4.95. The number of fused-ring (bicyclic) bond motifs is 1. The van der Waals surface area contributed by atoms with E-state index < -0.39 is 5.97 Å². The zero-order valence-electron chi connectivity index (χ0n) is 17.0. The van der Waals surface area contributed by atoms with Crippen molar-refractivity contribution in [3.63, 3.8) is 0 Å². The maximum absolute atomic E-state index is 12.7. The molecule has 1 aromatic heterocycles. The zero-order chi connectivity index (χ0) is 21.5. The number of carbonyl (C=O) groups excluding carboxylic acids is 1. The number of aryl methyl sites for hydroxylation is 1. The Morgan fingerprint density at radius 2 is 1.80 bits per heavy atom. The molecule has 0 aliphatic heterocycles. The summed E-state index contributed by atoms with van der Waals surface area (Å²) in [5, 5.41) is 16.3. The van der Waals surface area contributed by atoms with Crippen molar-refractivity contribution >= 4 is 51.3 Å². The van der Waals surface area contributed by atoms with Crippen LogP contribution in [0.1, 0.15) is 59.0 Å². The predicted octanol–water partition coefficient (Wildman–Crippen LogP) is 5.02. The van der Waals surface area contributed by atoms with Crippen LogP contribution in [0.4, 0.5) is 10.7 Å². The molecule has 3 rings (SSSR count). The molecule has 0 spiro atoms. The van der Waals surface area contributed by atoms with Gasteiger partial charge in [-0.2, -0.15) is 0 Å². The number of hydrogen-bond acceptors (Lipinski definition) is 5. The second-order valence-electron chi connectivity index (χ2n) is 7.19. The molecule has 8 heteroatoms. The number of benzene rings is 1. The lowest BCUT2D eigenvalue weighted by atomic mass is 9.96. The van der Waals surface area contributed by atoms with E-state index in [4.69, 9.17) is 22.1 Å². The Labute approximate surface area is 185 Å². The molecule has 6 nitrogen and oxygen atoms in total. The van der Waals surface area contributed by atoms with Crippen LogP contribution in [0.3, 0.4) is 0 Å². The van der Waals surface area contributed by atoms with Gasteiger partial charge in [-0.1, -0.05) is 25.0 Å². The first-order chi connectivity index (χ1) is 14.5. The van der Waals surface area contributed by atoms with E-state index in [1.54, 1.807) is 42.5 Å². The molecule has 30 heavy (non-hydrogen) atoms. The first-order valence-corrected chi connectivity index (χ1v) is 11.4. The smallest absolute Gasteiger partial charge is 0.341 e. The maximum atomic E-state index is 12.7. The minimum atomic E-state index is -0.868. The van der Waals surface area contributed by atoms with Crippen molar-refractivity contribution in [2.75, 3.05) is 17.2 Å². The van der Waals surface area contributed by atoms with Crippen molar-refractivity contribution in [3.8, 4) is 0 Å². The summed E-state index contributed by atoms with van der Waals surface area (Å²) in [6.07, 6.45) is 6.42. The number of thiophene rings is 1. The van der Waals surface area contributed by atoms with Gasteiger partial charge in [0.2, 0.25) is 0 Å². The van der Waals surface area contributed by atoms with E-state index in [1.807, 2.05) is 0 Å². The Kier molecular flexibility index (Phi) is 7.81. The number of carboxylic acid groups (broad SMARTS) is 1. The van der Waals surface area contributed by atoms with E-state index in [1.165, 1.54) is 17.7 Å². The fourth-order valence-corrected chi connectivity index (χ4v) is 5.14. The van der Waals surface area contributed by atoms with Gasteiger partial charge in [-0.05, 0) is 68.1 Å². The van der Waals surface area contributed by atoms with Gasteiger partial charge in [-0.25, -0.2) is 4.79 Å². The summed E-state index contributed by atoms with van der Waals surface area (Å²) < 4.78 is 5.33. The number of nitrogens with one attached hydrogen (secondary N) is 2. The summed E-state index contributed by atoms with van der Waals surface area (Å²) in [7, 11) is 0. The molecular weight excluding hydrogens is 420 g/mol. The summed E-state index contributed by atoms with van der Waals surface area (Å²) in [4.78, 5) is 24.7. The van der Waals surface area contributed by atoms with Crippen LogP contribution in [0.15, 0.2) is 24.3 Å². The SMILES string of the molecule is CCOC(=O)c1c(NC(=S)Nc2ccc(CC(=O)O)cc2)sc2c1CCCCCC2. The van der Waals surface area contributed by atoms with Gasteiger partial charge < -0.3 is 20.5 Å². The van der Waals surface area contributed by atoms with E-state index in [0.717, 1.165) is 47.5 Å². The van der Waals surface area contributed by atoms with Crippen molar-refractivity contribution in [1.82, 2.24) is 0 Å². The quantitative estimate of drug-likeness (QED) is 0.424. The molecule has 1 heterocycles. The molecule has 1 aromatic carbocycles. The lowest BCUT2D eigenvalue weighted by Gasteiger charge is -2.13. The first-order valence-electron chi connectivity index (χ1n) is 10.2. The topological polar surface area (TPSA) is 87.7 Å². The van der Waals surface area contributed by atoms with E-state index in [2.05, 4.69) is 10.6 Å². The van der Waals surface area contributed by atoms with E-state index >= 15 is 0 Å². The van der Waals surface area contributed by atoms with Crippen LogP contribution >= 0.6 is 23.6 Å². The molecule has 0 bridgehead atoms. The second-order valence-corrected chi connectivity index (χ2v) is 8.70. The van der Waals surface area contributed by atoms with Crippen LogP contribution in [0.5, 0.6) is 0 Å². The van der Waals surface area contributed by atoms with Crippen LogP contribution < -0.4 is 10.6 Å². The Hall–Kier alpha value is -2.45. The number of carboxylic acids is 1. The Balaban J connectivity index is 1.77. The van der Waals surface area contributed by atoms with Gasteiger partial charge in [0.1, 0.15) is 5.00 Å². The number of hydrogen-bond donors (Lipinski definition) is 3. The highest BCUT2D eigenvalue weighted by molar-refractivity contribution is 7.80. The highest BCUT2D eigenvalue weighted by Gasteiger charge is 2.25. The van der Waals surface area contributed by atoms with Crippen molar-refractivity contribution in [2.45, 2.75) is 51.9 Å². The van der Waals surface area contributed by atoms with Crippen molar-refractivity contribution in [3.05, 3.63) is 45.8 Å². The van der Waals surface area contributed by atoms with Crippen LogP contribution in [0, 0.1) is 0 Å². The maximum Gasteiger partial charge on any atom is 0.341 e. The molecule has 2 aromatic rings. The van der Waals surface area contributed by atoms with E-state index in [-0.39, 0.29) is 12.4 Å².